The number of likely N-dealkylation sites (N-methyl/N-ethyl adjacent to an activating group) is 1. The molecule has 3 unspecified atom stereocenters. The van der Waals surface area contributed by atoms with E-state index in [9.17, 15) is 4.79 Å². The third-order valence-electron chi connectivity index (χ3n) is 6.46. The first-order chi connectivity index (χ1) is 20.4. The molecule has 42 heavy (non-hydrogen) atoms. The molecule has 9 heteroatoms. The average molecular weight is 572 g/mol. The van der Waals surface area contributed by atoms with Crippen LogP contribution in [0.4, 0.5) is 0 Å². The van der Waals surface area contributed by atoms with Crippen molar-refractivity contribution in [1.29, 1.82) is 0 Å². The van der Waals surface area contributed by atoms with Crippen LogP contribution in [-0.4, -0.2) is 65.8 Å². The molecular weight excluding hydrogens is 526 g/mol. The summed E-state index contributed by atoms with van der Waals surface area (Å²) in [7, 11) is 1.83. The minimum absolute atomic E-state index is 0.0681. The largest absolute Gasteiger partial charge is 0.490 e. The topological polar surface area (TPSA) is 104 Å². The highest BCUT2D eigenvalue weighted by Gasteiger charge is 2.17. The fourth-order valence-electron chi connectivity index (χ4n) is 3.62. The number of hydrogen-bond donors (Lipinski definition) is 1. The van der Waals surface area contributed by atoms with E-state index >= 15 is 0 Å². The number of aromatic nitrogens is 2. The van der Waals surface area contributed by atoms with Gasteiger partial charge in [-0.2, -0.15) is 5.10 Å². The molecule has 1 aliphatic rings. The van der Waals surface area contributed by atoms with E-state index in [1.165, 1.54) is 12.8 Å². The summed E-state index contributed by atoms with van der Waals surface area (Å²) in [5.41, 5.74) is 1.34. The fraction of sp³-hybridized carbons (Fsp3) is 0.394. The lowest BCUT2D eigenvalue weighted by Crippen LogP contribution is -2.36. The van der Waals surface area contributed by atoms with E-state index in [2.05, 4.69) is 50.6 Å². The molecule has 0 spiro atoms. The van der Waals surface area contributed by atoms with Crippen LogP contribution in [0.25, 0.3) is 0 Å². The van der Waals surface area contributed by atoms with Crippen LogP contribution >= 0.6 is 0 Å². The van der Waals surface area contributed by atoms with Crippen LogP contribution in [0.3, 0.4) is 0 Å². The van der Waals surface area contributed by atoms with Gasteiger partial charge in [-0.25, -0.2) is 0 Å². The zero-order chi connectivity index (χ0) is 30.6. The van der Waals surface area contributed by atoms with Crippen molar-refractivity contribution >= 4 is 24.7 Å². The van der Waals surface area contributed by atoms with Gasteiger partial charge in [0.1, 0.15) is 24.4 Å². The average Bonchev–Trinajstić information content (AvgIpc) is 3.84. The molecule has 0 aromatic carbocycles. The predicted molar refractivity (Wildman–Crippen MR) is 173 cm³/mol. The molecule has 0 aliphatic heterocycles. The van der Waals surface area contributed by atoms with E-state index in [1.807, 2.05) is 62.4 Å². The molecule has 224 valence electrons. The molecule has 3 rings (SSSR count). The van der Waals surface area contributed by atoms with E-state index in [1.54, 1.807) is 49.5 Å². The zero-order valence-electron chi connectivity index (χ0n) is 25.3. The molecule has 1 amide bonds. The molecule has 0 bridgehead atoms. The van der Waals surface area contributed by atoms with Crippen molar-refractivity contribution in [3.63, 3.8) is 0 Å². The Morgan fingerprint density at radius 1 is 1.24 bits per heavy atom. The van der Waals surface area contributed by atoms with Gasteiger partial charge in [-0.15, -0.1) is 18.3 Å². The first kappa shape index (κ1) is 33.8. The molecule has 1 saturated carbocycles. The van der Waals surface area contributed by atoms with Gasteiger partial charge in [0.15, 0.2) is 0 Å². The molecule has 1 fully saturated rings. The Kier molecular flexibility index (Phi) is 15.8. The molecule has 2 heterocycles. The van der Waals surface area contributed by atoms with Crippen LogP contribution < -0.4 is 10.1 Å². The Hall–Kier alpha value is -4.40. The minimum atomic E-state index is -0.280. The number of nitrogens with zero attached hydrogens (tertiary/aromatic N) is 6. The Labute approximate surface area is 250 Å². The summed E-state index contributed by atoms with van der Waals surface area (Å²) in [6.45, 7) is 15.0. The molecule has 3 atom stereocenters. The SMILES string of the molecule is C=CCC(/C=C/NC(=O)c1cc(C(C)C=C)ccn1)/C=N/N=C\N(CC)C(C)COc1cccnc1.CN=CC1CC1. The van der Waals surface area contributed by atoms with Gasteiger partial charge in [0.2, 0.25) is 0 Å². The van der Waals surface area contributed by atoms with Gasteiger partial charge < -0.3 is 19.9 Å². The monoisotopic (exact) mass is 571 g/mol. The summed E-state index contributed by atoms with van der Waals surface area (Å²) in [4.78, 5) is 26.6. The highest BCUT2D eigenvalue weighted by atomic mass is 16.5. The summed E-state index contributed by atoms with van der Waals surface area (Å²) in [6, 6.07) is 7.47. The quantitative estimate of drug-likeness (QED) is 0.113. The number of rotatable bonds is 16. The van der Waals surface area contributed by atoms with E-state index in [-0.39, 0.29) is 23.8 Å². The lowest BCUT2D eigenvalue weighted by molar-refractivity contribution is 0.0965. The predicted octanol–water partition coefficient (Wildman–Crippen LogP) is 6.10. The second-order valence-corrected chi connectivity index (χ2v) is 9.94. The number of pyridine rings is 2. The summed E-state index contributed by atoms with van der Waals surface area (Å²) in [6.07, 6.45) is 21.0. The van der Waals surface area contributed by atoms with Crippen molar-refractivity contribution in [2.75, 3.05) is 20.2 Å². The number of carbonyl (C=O) groups is 1. The first-order valence-corrected chi connectivity index (χ1v) is 14.4. The molecule has 2 aromatic rings. The lowest BCUT2D eigenvalue weighted by atomic mass is 10.0. The molecule has 0 saturated heterocycles. The molecule has 1 aliphatic carbocycles. The van der Waals surface area contributed by atoms with Crippen molar-refractivity contribution in [3.05, 3.63) is 91.7 Å². The Morgan fingerprint density at radius 2 is 2.05 bits per heavy atom. The second-order valence-electron chi connectivity index (χ2n) is 9.94. The number of carbonyl (C=O) groups excluding carboxylic acids is 1. The van der Waals surface area contributed by atoms with E-state index in [0.29, 0.717) is 18.7 Å². The third kappa shape index (κ3) is 13.3. The molecule has 2 aromatic heterocycles. The standard InChI is InChI=1S/C28H36N6O2.C5H9N/c1-6-10-24(12-15-31-28(35)27-17-25(13-16-30-27)22(4)7-2)18-32-33-21-34(8-3)23(5)20-36-26-11-9-14-29-19-26;1-6-4-5-2-3-5/h6-7,9,11-19,21-24H,1-2,8,10,20H2,3-5H3,(H,31,35);4-5H,2-3H2,1H3/b15-12+,32-18+,33-21-;. The number of aliphatic imine (C=N–C) groups is 1. The van der Waals surface area contributed by atoms with Crippen molar-refractivity contribution in [2.24, 2.45) is 27.0 Å². The van der Waals surface area contributed by atoms with Crippen LogP contribution in [0.15, 0.2) is 95.6 Å². The van der Waals surface area contributed by atoms with Crippen molar-refractivity contribution in [3.8, 4) is 5.75 Å². The Balaban J connectivity index is 0.000000908. The molecule has 0 radical (unpaired) electrons. The smallest absolute Gasteiger partial charge is 0.273 e. The zero-order valence-corrected chi connectivity index (χ0v) is 25.3. The minimum Gasteiger partial charge on any atom is -0.490 e. The number of amides is 1. The normalized spacial score (nSPS) is 15.2. The fourth-order valence-corrected chi connectivity index (χ4v) is 3.62. The van der Waals surface area contributed by atoms with Crippen LogP contribution in [0.2, 0.25) is 0 Å². The van der Waals surface area contributed by atoms with Crippen LogP contribution in [0, 0.1) is 11.8 Å². The van der Waals surface area contributed by atoms with Gasteiger partial charge in [-0.05, 0) is 74.8 Å². The number of nitrogens with one attached hydrogen (secondary N) is 1. The maximum atomic E-state index is 12.5. The van der Waals surface area contributed by atoms with Gasteiger partial charge in [0.05, 0.1) is 12.2 Å². The molecule has 1 N–H and O–H groups in total. The van der Waals surface area contributed by atoms with E-state index < -0.39 is 0 Å². The van der Waals surface area contributed by atoms with Crippen LogP contribution in [0.1, 0.15) is 62.0 Å². The highest BCUT2D eigenvalue weighted by Crippen LogP contribution is 2.25. The van der Waals surface area contributed by atoms with Gasteiger partial charge in [-0.1, -0.05) is 25.2 Å². The van der Waals surface area contributed by atoms with Crippen molar-refractivity contribution in [1.82, 2.24) is 20.2 Å². The highest BCUT2D eigenvalue weighted by molar-refractivity contribution is 5.93. The van der Waals surface area contributed by atoms with Gasteiger partial charge in [0, 0.05) is 50.5 Å². The van der Waals surface area contributed by atoms with Crippen LogP contribution in [0.5, 0.6) is 5.75 Å². The summed E-state index contributed by atoms with van der Waals surface area (Å²) < 4.78 is 5.78. The molecular formula is C33H45N7O2. The maximum Gasteiger partial charge on any atom is 0.273 e. The maximum absolute atomic E-state index is 12.5. The number of allylic oxidation sites excluding steroid dienone is 3. The van der Waals surface area contributed by atoms with Crippen LogP contribution in [-0.2, 0) is 0 Å². The van der Waals surface area contributed by atoms with Gasteiger partial charge >= 0.3 is 0 Å². The van der Waals surface area contributed by atoms with Gasteiger partial charge in [-0.3, -0.25) is 14.8 Å². The van der Waals surface area contributed by atoms with Crippen molar-refractivity contribution in [2.45, 2.75) is 52.0 Å². The summed E-state index contributed by atoms with van der Waals surface area (Å²) in [5, 5.41) is 11.2. The summed E-state index contributed by atoms with van der Waals surface area (Å²) in [5.74, 6) is 1.38. The molecule has 9 nitrogen and oxygen atoms in total. The first-order valence-electron chi connectivity index (χ1n) is 14.4. The number of ether oxygens (including phenoxy) is 1. The second kappa shape index (κ2) is 19.6. The van der Waals surface area contributed by atoms with E-state index in [0.717, 1.165) is 23.8 Å². The van der Waals surface area contributed by atoms with E-state index in [4.69, 9.17) is 4.74 Å². The lowest BCUT2D eigenvalue weighted by Gasteiger charge is -2.25. The third-order valence-corrected chi connectivity index (χ3v) is 6.46. The number of hydrogen-bond acceptors (Lipinski definition) is 7. The van der Waals surface area contributed by atoms with Gasteiger partial charge in [0.25, 0.3) is 5.91 Å². The Morgan fingerprint density at radius 3 is 2.67 bits per heavy atom. The summed E-state index contributed by atoms with van der Waals surface area (Å²) >= 11 is 0. The van der Waals surface area contributed by atoms with Crippen molar-refractivity contribution < 1.29 is 9.53 Å². The Bertz CT molecular complexity index is 1210.